The Morgan fingerprint density at radius 1 is 1.15 bits per heavy atom. The van der Waals surface area contributed by atoms with Gasteiger partial charge in [0, 0.05) is 15.3 Å². The summed E-state index contributed by atoms with van der Waals surface area (Å²) in [6, 6.07) is 16.7. The van der Waals surface area contributed by atoms with Crippen molar-refractivity contribution in [3.05, 3.63) is 93.0 Å². The Morgan fingerprint density at radius 2 is 2.00 bits per heavy atom. The number of carbonyl (C=O) groups is 2. The van der Waals surface area contributed by atoms with Crippen LogP contribution in [0.15, 0.2) is 81.8 Å². The van der Waals surface area contributed by atoms with Crippen LogP contribution in [-0.2, 0) is 4.79 Å². The highest BCUT2D eigenvalue weighted by Gasteiger charge is 2.47. The fourth-order valence-corrected chi connectivity index (χ4v) is 5.09. The standard InChI is InChI=1S/C24H14ClN3O4S/c25-13-7-8-16-12(10-13)11-17(32-16)21(29)19-20(18-6-3-9-33-18)28(23(31)22(19)30)24-26-14-4-1-2-5-15(14)27-24/h1-11,20,30H,(H,26,27). The van der Waals surface area contributed by atoms with Crippen molar-refractivity contribution in [3.63, 3.8) is 0 Å². The molecular formula is C24H14ClN3O4S. The minimum Gasteiger partial charge on any atom is -0.503 e. The van der Waals surface area contributed by atoms with E-state index in [4.69, 9.17) is 16.0 Å². The van der Waals surface area contributed by atoms with Gasteiger partial charge >= 0.3 is 0 Å². The zero-order valence-corrected chi connectivity index (χ0v) is 18.4. The van der Waals surface area contributed by atoms with Crippen molar-refractivity contribution in [2.75, 3.05) is 4.90 Å². The molecular weight excluding hydrogens is 462 g/mol. The molecule has 0 saturated carbocycles. The number of imidazole rings is 1. The van der Waals surface area contributed by atoms with Crippen LogP contribution in [0.2, 0.25) is 5.02 Å². The zero-order chi connectivity index (χ0) is 22.7. The summed E-state index contributed by atoms with van der Waals surface area (Å²) >= 11 is 7.42. The molecule has 9 heteroatoms. The van der Waals surface area contributed by atoms with Crippen LogP contribution in [0.3, 0.4) is 0 Å². The number of hydrogen-bond acceptors (Lipinski definition) is 6. The van der Waals surface area contributed by atoms with Crippen molar-refractivity contribution in [2.45, 2.75) is 6.04 Å². The third-order valence-corrected chi connectivity index (χ3v) is 6.73. The van der Waals surface area contributed by atoms with Gasteiger partial charge in [-0.15, -0.1) is 11.3 Å². The molecule has 0 radical (unpaired) electrons. The Balaban J connectivity index is 1.49. The lowest BCUT2D eigenvalue weighted by Crippen LogP contribution is -2.31. The van der Waals surface area contributed by atoms with Gasteiger partial charge in [0.05, 0.1) is 16.6 Å². The summed E-state index contributed by atoms with van der Waals surface area (Å²) in [5, 5.41) is 13.9. The fraction of sp³-hybridized carbons (Fsp3) is 0.0417. The quantitative estimate of drug-likeness (QED) is 0.320. The van der Waals surface area contributed by atoms with Gasteiger partial charge in [0.25, 0.3) is 5.91 Å². The first-order valence-electron chi connectivity index (χ1n) is 10.00. The maximum Gasteiger partial charge on any atom is 0.296 e. The smallest absolute Gasteiger partial charge is 0.296 e. The Kier molecular flexibility index (Phi) is 4.39. The number of benzene rings is 2. The molecule has 1 amide bonds. The summed E-state index contributed by atoms with van der Waals surface area (Å²) in [5.41, 5.74) is 1.82. The molecule has 7 nitrogen and oxygen atoms in total. The van der Waals surface area contributed by atoms with Crippen molar-refractivity contribution < 1.29 is 19.1 Å². The molecule has 1 aliphatic rings. The maximum atomic E-state index is 13.6. The number of H-pyrrole nitrogens is 1. The molecule has 0 bridgehead atoms. The molecule has 4 heterocycles. The number of furan rings is 1. The molecule has 0 aliphatic carbocycles. The van der Waals surface area contributed by atoms with Crippen molar-refractivity contribution in [1.82, 2.24) is 9.97 Å². The van der Waals surface area contributed by atoms with Crippen LogP contribution in [-0.4, -0.2) is 26.8 Å². The average Bonchev–Trinajstić information content (AvgIpc) is 3.59. The van der Waals surface area contributed by atoms with Crippen LogP contribution in [0.5, 0.6) is 0 Å². The van der Waals surface area contributed by atoms with E-state index in [9.17, 15) is 14.7 Å². The minimum absolute atomic E-state index is 0.00892. The van der Waals surface area contributed by atoms with Gasteiger partial charge in [-0.2, -0.15) is 0 Å². The number of aliphatic hydroxyl groups is 1. The number of Topliss-reactive ketones (excluding diaryl/α,β-unsaturated/α-hetero) is 1. The number of amides is 1. The Morgan fingerprint density at radius 3 is 2.79 bits per heavy atom. The van der Waals surface area contributed by atoms with Crippen LogP contribution < -0.4 is 4.90 Å². The normalized spacial score (nSPS) is 16.5. The van der Waals surface area contributed by atoms with E-state index < -0.39 is 23.5 Å². The molecule has 2 N–H and O–H groups in total. The van der Waals surface area contributed by atoms with Gasteiger partial charge in [-0.25, -0.2) is 4.98 Å². The van der Waals surface area contributed by atoms with Crippen LogP contribution in [0.1, 0.15) is 21.5 Å². The van der Waals surface area contributed by atoms with Gasteiger partial charge in [-0.1, -0.05) is 29.8 Å². The van der Waals surface area contributed by atoms with Crippen LogP contribution in [0.4, 0.5) is 5.95 Å². The van der Waals surface area contributed by atoms with E-state index in [1.165, 1.54) is 16.2 Å². The third-order valence-electron chi connectivity index (χ3n) is 5.57. The van der Waals surface area contributed by atoms with Gasteiger partial charge in [0.1, 0.15) is 11.6 Å². The summed E-state index contributed by atoms with van der Waals surface area (Å²) in [6.07, 6.45) is 0. The molecule has 33 heavy (non-hydrogen) atoms. The number of nitrogens with zero attached hydrogens (tertiary/aromatic N) is 2. The number of nitrogens with one attached hydrogen (secondary N) is 1. The van der Waals surface area contributed by atoms with Gasteiger partial charge in [0.15, 0.2) is 11.5 Å². The molecule has 5 aromatic rings. The van der Waals surface area contributed by atoms with Gasteiger partial charge in [0.2, 0.25) is 11.7 Å². The van der Waals surface area contributed by atoms with Crippen molar-refractivity contribution in [3.8, 4) is 0 Å². The Hall–Kier alpha value is -3.88. The van der Waals surface area contributed by atoms with E-state index in [0.717, 1.165) is 5.52 Å². The van der Waals surface area contributed by atoms with E-state index >= 15 is 0 Å². The summed E-state index contributed by atoms with van der Waals surface area (Å²) in [7, 11) is 0. The van der Waals surface area contributed by atoms with E-state index in [-0.39, 0.29) is 17.3 Å². The summed E-state index contributed by atoms with van der Waals surface area (Å²) in [6.45, 7) is 0. The number of aromatic amines is 1. The lowest BCUT2D eigenvalue weighted by molar-refractivity contribution is -0.117. The number of thiophene rings is 1. The number of rotatable bonds is 4. The Labute approximate surface area is 195 Å². The van der Waals surface area contributed by atoms with Crippen LogP contribution in [0, 0.1) is 0 Å². The van der Waals surface area contributed by atoms with E-state index in [2.05, 4.69) is 9.97 Å². The van der Waals surface area contributed by atoms with Crippen molar-refractivity contribution in [1.29, 1.82) is 0 Å². The number of hydrogen-bond donors (Lipinski definition) is 2. The number of fused-ring (bicyclic) bond motifs is 2. The van der Waals surface area contributed by atoms with Crippen molar-refractivity contribution in [2.24, 2.45) is 0 Å². The van der Waals surface area contributed by atoms with Crippen LogP contribution in [0.25, 0.3) is 22.0 Å². The summed E-state index contributed by atoms with van der Waals surface area (Å²) < 4.78 is 5.73. The molecule has 1 unspecified atom stereocenters. The molecule has 2 aromatic carbocycles. The highest BCUT2D eigenvalue weighted by atomic mass is 35.5. The molecule has 162 valence electrons. The number of carbonyl (C=O) groups excluding carboxylic acids is 2. The molecule has 0 saturated heterocycles. The highest BCUT2D eigenvalue weighted by Crippen LogP contribution is 2.43. The molecule has 1 atom stereocenters. The summed E-state index contributed by atoms with van der Waals surface area (Å²) in [5.74, 6) is -1.67. The molecule has 1 aliphatic heterocycles. The third kappa shape index (κ3) is 3.06. The first kappa shape index (κ1) is 19.8. The zero-order valence-electron chi connectivity index (χ0n) is 16.8. The van der Waals surface area contributed by atoms with Crippen molar-refractivity contribution >= 4 is 62.6 Å². The largest absolute Gasteiger partial charge is 0.503 e. The highest BCUT2D eigenvalue weighted by molar-refractivity contribution is 7.10. The van der Waals surface area contributed by atoms with Crippen LogP contribution >= 0.6 is 22.9 Å². The first-order valence-corrected chi connectivity index (χ1v) is 11.3. The van der Waals surface area contributed by atoms with E-state index in [0.29, 0.717) is 26.4 Å². The predicted octanol–water partition coefficient (Wildman–Crippen LogP) is 5.81. The number of anilines is 1. The SMILES string of the molecule is O=C(C1=C(O)C(=O)N(c2nc3ccccc3[nH]2)C1c1cccs1)c1cc2cc(Cl)ccc2o1. The topological polar surface area (TPSA) is 99.4 Å². The average molecular weight is 476 g/mol. The van der Waals surface area contributed by atoms with Gasteiger partial charge in [-0.3, -0.25) is 14.5 Å². The minimum atomic E-state index is -0.859. The number of halogens is 1. The number of para-hydroxylation sites is 2. The first-order chi connectivity index (χ1) is 16.0. The molecule has 3 aromatic heterocycles. The molecule has 0 spiro atoms. The second kappa shape index (κ2) is 7.33. The monoisotopic (exact) mass is 475 g/mol. The summed E-state index contributed by atoms with van der Waals surface area (Å²) in [4.78, 5) is 36.4. The molecule has 0 fully saturated rings. The second-order valence-corrected chi connectivity index (χ2v) is 8.97. The number of aromatic nitrogens is 2. The second-order valence-electron chi connectivity index (χ2n) is 7.55. The van der Waals surface area contributed by atoms with E-state index in [1.807, 2.05) is 41.8 Å². The number of aliphatic hydroxyl groups excluding tert-OH is 1. The van der Waals surface area contributed by atoms with E-state index in [1.54, 1.807) is 24.3 Å². The fourth-order valence-electron chi connectivity index (χ4n) is 4.08. The number of ketones is 1. The van der Waals surface area contributed by atoms with Gasteiger partial charge in [-0.05, 0) is 47.8 Å². The predicted molar refractivity (Wildman–Crippen MR) is 126 cm³/mol. The molecule has 6 rings (SSSR count). The Bertz CT molecular complexity index is 1570. The lowest BCUT2D eigenvalue weighted by atomic mass is 10.0. The lowest BCUT2D eigenvalue weighted by Gasteiger charge is -2.22. The van der Waals surface area contributed by atoms with Gasteiger partial charge < -0.3 is 14.5 Å². The maximum absolute atomic E-state index is 13.6.